The lowest BCUT2D eigenvalue weighted by Crippen LogP contribution is -2.61. The van der Waals surface area contributed by atoms with Gasteiger partial charge in [-0.1, -0.05) is 38.1 Å². The lowest BCUT2D eigenvalue weighted by atomic mass is 9.92. The minimum atomic E-state index is -5.03. The molecule has 0 saturated heterocycles. The smallest absolute Gasteiger partial charge is 0.408 e. The molecule has 0 saturated carbocycles. The molecule has 0 spiro atoms. The number of hydrogen-bond acceptors (Lipinski definition) is 9. The zero-order chi connectivity index (χ0) is 40.3. The van der Waals surface area contributed by atoms with Crippen molar-refractivity contribution in [1.82, 2.24) is 21.3 Å². The van der Waals surface area contributed by atoms with E-state index in [1.807, 2.05) is 0 Å². The van der Waals surface area contributed by atoms with Crippen LogP contribution >= 0.6 is 0 Å². The van der Waals surface area contributed by atoms with Crippen LogP contribution in [0.1, 0.15) is 51.8 Å². The number of ether oxygens (including phenoxy) is 3. The van der Waals surface area contributed by atoms with Crippen molar-refractivity contribution in [2.75, 3.05) is 20.3 Å². The number of rotatable bonds is 17. The van der Waals surface area contributed by atoms with Crippen LogP contribution in [0.4, 0.5) is 26.7 Å². The molecule has 294 valence electrons. The second-order valence-corrected chi connectivity index (χ2v) is 13.1. The zero-order valence-electron chi connectivity index (χ0n) is 29.7. The van der Waals surface area contributed by atoms with Gasteiger partial charge in [-0.15, -0.1) is 0 Å². The minimum absolute atomic E-state index is 0.0688. The number of aliphatic carboxylic acids is 1. The van der Waals surface area contributed by atoms with Gasteiger partial charge in [0.05, 0.1) is 13.2 Å². The van der Waals surface area contributed by atoms with Crippen LogP contribution in [-0.2, 0) is 30.3 Å². The Labute approximate surface area is 301 Å². The molecule has 2 rings (SSSR count). The van der Waals surface area contributed by atoms with E-state index in [1.54, 1.807) is 20.8 Å². The summed E-state index contributed by atoms with van der Waals surface area (Å²) in [4.78, 5) is 63.3. The summed E-state index contributed by atoms with van der Waals surface area (Å²) >= 11 is 0. The highest BCUT2D eigenvalue weighted by atomic mass is 19.4. The van der Waals surface area contributed by atoms with Crippen molar-refractivity contribution < 1.29 is 70.3 Å². The molecular formula is C34H43F5N4O10. The quantitative estimate of drug-likeness (QED) is 0.130. The summed E-state index contributed by atoms with van der Waals surface area (Å²) in [5, 5.41) is 27.5. The van der Waals surface area contributed by atoms with Gasteiger partial charge in [-0.2, -0.15) is 22.0 Å². The summed E-state index contributed by atoms with van der Waals surface area (Å²) in [5.74, 6) is -11.1. The average molecular weight is 763 g/mol. The number of aliphatic hydroxyl groups excluding tert-OH is 1. The maximum atomic E-state index is 15.0. The molecule has 2 aromatic rings. The highest BCUT2D eigenvalue weighted by Gasteiger charge is 2.52. The van der Waals surface area contributed by atoms with Crippen molar-refractivity contribution >= 4 is 29.8 Å². The van der Waals surface area contributed by atoms with Crippen LogP contribution < -0.4 is 30.7 Å². The molecule has 0 heterocycles. The number of methoxy groups -OCH3 is 1. The van der Waals surface area contributed by atoms with Gasteiger partial charge < -0.3 is 45.7 Å². The highest BCUT2D eigenvalue weighted by Crippen LogP contribution is 2.27. The van der Waals surface area contributed by atoms with Gasteiger partial charge in [0, 0.05) is 6.42 Å². The van der Waals surface area contributed by atoms with Crippen molar-refractivity contribution in [3.63, 3.8) is 0 Å². The first kappa shape index (κ1) is 44.0. The lowest BCUT2D eigenvalue weighted by Gasteiger charge is -2.33. The summed E-state index contributed by atoms with van der Waals surface area (Å²) in [5.41, 5.74) is -0.486. The molecule has 14 nitrogen and oxygen atoms in total. The first-order valence-electron chi connectivity index (χ1n) is 16.0. The van der Waals surface area contributed by atoms with E-state index in [0.29, 0.717) is 11.3 Å². The number of amides is 4. The molecule has 0 bridgehead atoms. The third-order valence-electron chi connectivity index (χ3n) is 7.22. The number of carbonyl (C=O) groups excluding carboxylic acids is 4. The minimum Gasteiger partial charge on any atom is -0.497 e. The fourth-order valence-corrected chi connectivity index (χ4v) is 4.62. The predicted octanol–water partition coefficient (Wildman–Crippen LogP) is 3.27. The molecule has 0 radical (unpaired) electrons. The second-order valence-electron chi connectivity index (χ2n) is 13.1. The molecule has 19 heteroatoms. The van der Waals surface area contributed by atoms with Crippen LogP contribution in [-0.4, -0.2) is 96.1 Å². The number of hydrogen-bond donors (Lipinski definition) is 6. The van der Waals surface area contributed by atoms with E-state index in [-0.39, 0.29) is 17.7 Å². The van der Waals surface area contributed by atoms with Crippen molar-refractivity contribution in [2.24, 2.45) is 5.92 Å². The molecule has 0 aliphatic heterocycles. The van der Waals surface area contributed by atoms with Crippen molar-refractivity contribution in [2.45, 2.75) is 83.0 Å². The van der Waals surface area contributed by atoms with E-state index >= 15 is 0 Å². The maximum Gasteiger partial charge on any atom is 0.408 e. The average Bonchev–Trinajstić information content (AvgIpc) is 3.05. The van der Waals surface area contributed by atoms with Gasteiger partial charge in [-0.3, -0.25) is 14.4 Å². The van der Waals surface area contributed by atoms with Crippen molar-refractivity contribution in [3.8, 4) is 11.5 Å². The molecule has 4 amide bonds. The monoisotopic (exact) mass is 762 g/mol. The molecule has 0 aliphatic rings. The van der Waals surface area contributed by atoms with E-state index in [9.17, 15) is 51.0 Å². The Hall–Kier alpha value is -5.20. The Balaban J connectivity index is 2.47. The lowest BCUT2D eigenvalue weighted by molar-refractivity contribution is -0.175. The van der Waals surface area contributed by atoms with E-state index in [4.69, 9.17) is 19.3 Å². The Morgan fingerprint density at radius 2 is 1.38 bits per heavy atom. The number of carboxylic acids is 1. The number of halogens is 5. The Kier molecular flexibility index (Phi) is 15.4. The second kappa shape index (κ2) is 18.5. The summed E-state index contributed by atoms with van der Waals surface area (Å²) < 4.78 is 83.2. The first-order valence-corrected chi connectivity index (χ1v) is 16.0. The Morgan fingerprint density at radius 1 is 0.811 bits per heavy atom. The van der Waals surface area contributed by atoms with Crippen molar-refractivity contribution in [3.05, 3.63) is 59.7 Å². The standard InChI is InChI=1S/C34H43F5N4O10/c1-18(2)25(27(46)34(38,39)30(49)40-17-33(35,36)37)42-29(48)26(20-9-13-21(51-6)14-10-20)43-28(47)23(41-31(50)53-32(3,4)5)15-19-7-11-22(12-8-19)52-16-24(44)45/h7-14,18,23,25-27,46H,15-17H2,1-6H3,(H,40,49)(H,41,50)(H,42,48)(H,43,47)(H,44,45)/t23-,25-,26-,27+/m0/s1. The number of benzene rings is 2. The summed E-state index contributed by atoms with van der Waals surface area (Å²) in [6.07, 6.45) is -9.27. The number of nitrogens with one attached hydrogen (secondary N) is 4. The highest BCUT2D eigenvalue weighted by molar-refractivity contribution is 5.92. The summed E-state index contributed by atoms with van der Waals surface area (Å²) in [6.45, 7) is 4.59. The fraction of sp³-hybridized carbons (Fsp3) is 0.500. The SMILES string of the molecule is COc1ccc([C@H](NC(=O)[C@H](Cc2ccc(OCC(=O)O)cc2)NC(=O)OC(C)(C)C)C(=O)N[C@@H](C(C)C)[C@@H](O)C(F)(F)C(=O)NCC(F)(F)F)cc1. The molecule has 6 N–H and O–H groups in total. The summed E-state index contributed by atoms with van der Waals surface area (Å²) in [6, 6.07) is 6.27. The van der Waals surface area contributed by atoms with E-state index in [1.165, 1.54) is 69.5 Å². The van der Waals surface area contributed by atoms with Gasteiger partial charge in [0.25, 0.3) is 5.91 Å². The normalized spacial score (nSPS) is 14.2. The van der Waals surface area contributed by atoms with Gasteiger partial charge in [-0.05, 0) is 62.1 Å². The largest absolute Gasteiger partial charge is 0.497 e. The molecule has 0 aromatic heterocycles. The van der Waals surface area contributed by atoms with Crippen LogP contribution in [0.15, 0.2) is 48.5 Å². The molecule has 4 atom stereocenters. The van der Waals surface area contributed by atoms with Gasteiger partial charge >= 0.3 is 24.2 Å². The van der Waals surface area contributed by atoms with E-state index < -0.39 is 90.8 Å². The fourth-order valence-electron chi connectivity index (χ4n) is 4.62. The molecule has 2 aromatic carbocycles. The van der Waals surface area contributed by atoms with Gasteiger partial charge in [0.1, 0.15) is 41.8 Å². The Morgan fingerprint density at radius 3 is 1.87 bits per heavy atom. The number of alkyl halides is 5. The first-order chi connectivity index (χ1) is 24.4. The third-order valence-corrected chi connectivity index (χ3v) is 7.22. The van der Waals surface area contributed by atoms with Crippen LogP contribution in [0.2, 0.25) is 0 Å². The zero-order valence-corrected chi connectivity index (χ0v) is 29.7. The topological polar surface area (TPSA) is 202 Å². The summed E-state index contributed by atoms with van der Waals surface area (Å²) in [7, 11) is 1.36. The molecule has 0 unspecified atom stereocenters. The number of alkyl carbamates (subject to hydrolysis) is 1. The number of carbonyl (C=O) groups is 5. The van der Waals surface area contributed by atoms with Crippen molar-refractivity contribution in [1.29, 1.82) is 0 Å². The van der Waals surface area contributed by atoms with Gasteiger partial charge in [0.2, 0.25) is 11.8 Å². The van der Waals surface area contributed by atoms with E-state index in [2.05, 4.69) is 16.0 Å². The molecular weight excluding hydrogens is 719 g/mol. The predicted molar refractivity (Wildman–Crippen MR) is 177 cm³/mol. The van der Waals surface area contributed by atoms with E-state index in [0.717, 1.165) is 5.32 Å². The number of aliphatic hydroxyl groups is 1. The molecule has 0 aliphatic carbocycles. The maximum absolute atomic E-state index is 15.0. The van der Waals surface area contributed by atoms with Gasteiger partial charge in [-0.25, -0.2) is 9.59 Å². The van der Waals surface area contributed by atoms with Crippen LogP contribution in [0.3, 0.4) is 0 Å². The number of carboxylic acid groups (broad SMARTS) is 1. The van der Waals surface area contributed by atoms with Crippen LogP contribution in [0.25, 0.3) is 0 Å². The van der Waals surface area contributed by atoms with Crippen LogP contribution in [0.5, 0.6) is 11.5 Å². The third kappa shape index (κ3) is 14.4. The van der Waals surface area contributed by atoms with Crippen LogP contribution in [0, 0.1) is 5.92 Å². The molecule has 0 fully saturated rings. The Bertz CT molecular complexity index is 1570. The van der Waals surface area contributed by atoms with Gasteiger partial charge in [0.15, 0.2) is 6.61 Å². The molecule has 53 heavy (non-hydrogen) atoms.